The number of hydrogen-bond donors (Lipinski definition) is 3. The molecular weight excluding hydrogens is 349 g/mol. The van der Waals surface area contributed by atoms with Crippen LogP contribution < -0.4 is 16.0 Å². The van der Waals surface area contributed by atoms with Crippen LogP contribution in [0.3, 0.4) is 0 Å². The van der Waals surface area contributed by atoms with Crippen LogP contribution in [0.4, 0.5) is 4.79 Å². The Balaban J connectivity index is 2.30. The molecule has 24 heavy (non-hydrogen) atoms. The van der Waals surface area contributed by atoms with Crippen LogP contribution in [0.5, 0.6) is 0 Å². The number of halogens is 2. The molecule has 0 saturated heterocycles. The summed E-state index contributed by atoms with van der Waals surface area (Å²) in [5.74, 6) is -0.468. The smallest absolute Gasteiger partial charge is 0.319 e. The fourth-order valence-electron chi connectivity index (χ4n) is 2.59. The highest BCUT2D eigenvalue weighted by molar-refractivity contribution is 6.42. The molecule has 3 amide bonds. The number of imide groups is 1. The number of benzene rings is 2. The van der Waals surface area contributed by atoms with E-state index in [1.54, 1.807) is 12.1 Å². The van der Waals surface area contributed by atoms with Gasteiger partial charge in [-0.2, -0.15) is 0 Å². The summed E-state index contributed by atoms with van der Waals surface area (Å²) in [5.41, 5.74) is 6.67. The van der Waals surface area contributed by atoms with Crippen LogP contribution in [-0.4, -0.2) is 19.0 Å². The maximum Gasteiger partial charge on any atom is 0.319 e. The molecule has 0 aromatic heterocycles. The zero-order chi connectivity index (χ0) is 17.7. The molecule has 0 radical (unpaired) electrons. The van der Waals surface area contributed by atoms with E-state index < -0.39 is 18.0 Å². The van der Waals surface area contributed by atoms with Crippen molar-refractivity contribution in [2.75, 3.05) is 7.05 Å². The van der Waals surface area contributed by atoms with E-state index in [2.05, 4.69) is 5.32 Å². The van der Waals surface area contributed by atoms with Crippen molar-refractivity contribution in [3.63, 3.8) is 0 Å². The number of urea groups is 1. The first-order valence-corrected chi connectivity index (χ1v) is 8.06. The number of carbonyl (C=O) groups is 2. The van der Waals surface area contributed by atoms with Gasteiger partial charge in [-0.05, 0) is 6.07 Å². The van der Waals surface area contributed by atoms with Crippen LogP contribution in [0.25, 0.3) is 0 Å². The number of likely N-dealkylation sites (N-methyl/N-ethyl adjacent to an activating group) is 1. The van der Waals surface area contributed by atoms with E-state index in [0.717, 1.165) is 16.0 Å². The lowest BCUT2D eigenvalue weighted by atomic mass is 10.0. The number of quaternary nitrogens is 1. The van der Waals surface area contributed by atoms with Crippen molar-refractivity contribution in [2.24, 2.45) is 5.73 Å². The second kappa shape index (κ2) is 8.15. The highest BCUT2D eigenvalue weighted by Gasteiger charge is 2.30. The van der Waals surface area contributed by atoms with E-state index in [4.69, 9.17) is 28.9 Å². The maximum atomic E-state index is 12.4. The summed E-state index contributed by atoms with van der Waals surface area (Å²) >= 11 is 12.3. The minimum atomic E-state index is -0.880. The zero-order valence-corrected chi connectivity index (χ0v) is 14.6. The third-order valence-electron chi connectivity index (χ3n) is 3.64. The summed E-state index contributed by atoms with van der Waals surface area (Å²) in [6, 6.07) is 13.0. The lowest BCUT2D eigenvalue weighted by Crippen LogP contribution is -3.09. The van der Waals surface area contributed by atoms with Gasteiger partial charge in [0.2, 0.25) is 0 Å². The van der Waals surface area contributed by atoms with Gasteiger partial charge in [0.1, 0.15) is 6.54 Å². The standard InChI is InChI=1S/C17H17Cl2N3O2/c1-22(10-12-8-5-9-13(18)14(12)19)15(16(23)21-17(20)24)11-6-3-2-4-7-11/h2-9,15H,10H2,1H3,(H3,20,21,23,24)/p+1/t15-/m0/s1. The Morgan fingerprint density at radius 3 is 2.42 bits per heavy atom. The van der Waals surface area contributed by atoms with Gasteiger partial charge in [0.25, 0.3) is 5.91 Å². The van der Waals surface area contributed by atoms with Crippen molar-refractivity contribution in [1.82, 2.24) is 5.32 Å². The monoisotopic (exact) mass is 366 g/mol. The largest absolute Gasteiger partial charge is 0.351 e. The molecule has 2 atom stereocenters. The Labute approximate surface area is 150 Å². The normalized spacial score (nSPS) is 13.1. The molecule has 1 unspecified atom stereocenters. The molecule has 2 aromatic carbocycles. The first-order chi connectivity index (χ1) is 11.4. The Hall–Kier alpha value is -2.08. The molecule has 0 saturated carbocycles. The first-order valence-electron chi connectivity index (χ1n) is 7.30. The summed E-state index contributed by atoms with van der Waals surface area (Å²) in [5, 5.41) is 3.07. The first kappa shape index (κ1) is 18.3. The van der Waals surface area contributed by atoms with Crippen molar-refractivity contribution in [2.45, 2.75) is 12.6 Å². The molecule has 0 fully saturated rings. The summed E-state index contributed by atoms with van der Waals surface area (Å²) in [4.78, 5) is 24.3. The van der Waals surface area contributed by atoms with E-state index in [-0.39, 0.29) is 0 Å². The van der Waals surface area contributed by atoms with E-state index >= 15 is 0 Å². The fraction of sp³-hybridized carbons (Fsp3) is 0.176. The molecule has 2 rings (SSSR count). The SMILES string of the molecule is C[NH+](Cc1cccc(Cl)c1Cl)[C@H](C(=O)NC(N)=O)c1ccccc1. The van der Waals surface area contributed by atoms with Gasteiger partial charge >= 0.3 is 6.03 Å². The third kappa shape index (κ3) is 4.47. The summed E-state index contributed by atoms with van der Waals surface area (Å²) in [6.45, 7) is 0.450. The Kier molecular flexibility index (Phi) is 6.20. The van der Waals surface area contributed by atoms with E-state index in [1.807, 2.05) is 43.4 Å². The Morgan fingerprint density at radius 2 is 1.79 bits per heavy atom. The number of carbonyl (C=O) groups excluding carboxylic acids is 2. The molecule has 0 aliphatic carbocycles. The van der Waals surface area contributed by atoms with Gasteiger partial charge in [0.05, 0.1) is 17.1 Å². The summed E-state index contributed by atoms with van der Waals surface area (Å²) < 4.78 is 0. The molecule has 0 aliphatic rings. The van der Waals surface area contributed by atoms with Crippen LogP contribution in [-0.2, 0) is 11.3 Å². The molecule has 2 aromatic rings. The van der Waals surface area contributed by atoms with Crippen LogP contribution in [0.15, 0.2) is 48.5 Å². The van der Waals surface area contributed by atoms with Crippen molar-refractivity contribution < 1.29 is 14.5 Å². The molecular formula is C17H18Cl2N3O2+. The van der Waals surface area contributed by atoms with Crippen molar-refractivity contribution in [1.29, 1.82) is 0 Å². The van der Waals surface area contributed by atoms with Gasteiger partial charge in [-0.25, -0.2) is 4.79 Å². The van der Waals surface area contributed by atoms with Crippen LogP contribution in [0.2, 0.25) is 10.0 Å². The van der Waals surface area contributed by atoms with E-state index in [1.165, 1.54) is 0 Å². The lowest BCUT2D eigenvalue weighted by molar-refractivity contribution is -0.916. The minimum Gasteiger partial charge on any atom is -0.351 e. The maximum absolute atomic E-state index is 12.4. The van der Waals surface area contributed by atoms with Gasteiger partial charge in [-0.3, -0.25) is 10.1 Å². The van der Waals surface area contributed by atoms with E-state index in [0.29, 0.717) is 16.6 Å². The molecule has 4 N–H and O–H groups in total. The molecule has 126 valence electrons. The molecule has 0 heterocycles. The summed E-state index contributed by atoms with van der Waals surface area (Å²) in [6.07, 6.45) is 0. The highest BCUT2D eigenvalue weighted by atomic mass is 35.5. The molecule has 0 aliphatic heterocycles. The minimum absolute atomic E-state index is 0.450. The van der Waals surface area contributed by atoms with Gasteiger partial charge in [-0.1, -0.05) is 65.7 Å². The quantitative estimate of drug-likeness (QED) is 0.756. The predicted octanol–water partition coefficient (Wildman–Crippen LogP) is 1.94. The lowest BCUT2D eigenvalue weighted by Gasteiger charge is -2.24. The van der Waals surface area contributed by atoms with Gasteiger partial charge in [0.15, 0.2) is 6.04 Å². The van der Waals surface area contributed by atoms with Crippen molar-refractivity contribution in [3.8, 4) is 0 Å². The second-order valence-corrected chi connectivity index (χ2v) is 6.22. The van der Waals surface area contributed by atoms with Gasteiger partial charge < -0.3 is 10.6 Å². The van der Waals surface area contributed by atoms with Gasteiger partial charge in [-0.15, -0.1) is 0 Å². The summed E-state index contributed by atoms with van der Waals surface area (Å²) in [7, 11) is 1.84. The molecule has 0 spiro atoms. The highest BCUT2D eigenvalue weighted by Crippen LogP contribution is 2.25. The topological polar surface area (TPSA) is 76.6 Å². The van der Waals surface area contributed by atoms with E-state index in [9.17, 15) is 9.59 Å². The molecule has 7 heteroatoms. The van der Waals surface area contributed by atoms with Crippen molar-refractivity contribution in [3.05, 3.63) is 69.7 Å². The number of hydrogen-bond acceptors (Lipinski definition) is 2. The van der Waals surface area contributed by atoms with Crippen LogP contribution in [0.1, 0.15) is 17.2 Å². The Morgan fingerprint density at radius 1 is 1.12 bits per heavy atom. The number of rotatable bonds is 5. The third-order valence-corrected chi connectivity index (χ3v) is 4.49. The zero-order valence-electron chi connectivity index (χ0n) is 13.1. The van der Waals surface area contributed by atoms with Gasteiger partial charge in [0, 0.05) is 11.1 Å². The number of primary amides is 1. The number of nitrogens with two attached hydrogens (primary N) is 1. The number of amides is 3. The second-order valence-electron chi connectivity index (χ2n) is 5.43. The number of nitrogens with one attached hydrogen (secondary N) is 2. The predicted molar refractivity (Wildman–Crippen MR) is 94.0 cm³/mol. The fourth-order valence-corrected chi connectivity index (χ4v) is 2.97. The average molecular weight is 367 g/mol. The van der Waals surface area contributed by atoms with Crippen LogP contribution >= 0.6 is 23.2 Å². The van der Waals surface area contributed by atoms with Crippen LogP contribution in [0, 0.1) is 0 Å². The molecule has 0 bridgehead atoms. The van der Waals surface area contributed by atoms with Crippen molar-refractivity contribution >= 4 is 35.1 Å². The average Bonchev–Trinajstić information content (AvgIpc) is 2.52. The Bertz CT molecular complexity index is 738. The molecule has 5 nitrogen and oxygen atoms in total.